The molecule has 194 valence electrons. The largest absolute Gasteiger partial charge is 0.573 e. The Morgan fingerprint density at radius 2 is 1.95 bits per heavy atom. The molecular weight excluding hydrogens is 495 g/mol. The van der Waals surface area contributed by atoms with E-state index in [1.54, 1.807) is 18.2 Å². The van der Waals surface area contributed by atoms with Crippen molar-refractivity contribution >= 4 is 23.4 Å². The average Bonchev–Trinajstić information content (AvgIpc) is 3.18. The highest BCUT2D eigenvalue weighted by atomic mass is 19.4. The Kier molecular flexibility index (Phi) is 7.41. The topological polar surface area (TPSA) is 133 Å². The first-order chi connectivity index (χ1) is 17.6. The predicted octanol–water partition coefficient (Wildman–Crippen LogP) is 4.10. The van der Waals surface area contributed by atoms with Crippen LogP contribution in [0.25, 0.3) is 0 Å². The van der Waals surface area contributed by atoms with Crippen LogP contribution in [0.4, 0.5) is 18.9 Å². The molecule has 2 aromatic carbocycles. The summed E-state index contributed by atoms with van der Waals surface area (Å²) in [5.74, 6) is -1.07. The molecule has 1 unspecified atom stereocenters. The van der Waals surface area contributed by atoms with Gasteiger partial charge < -0.3 is 19.7 Å². The number of nitrogens with one attached hydrogen (secondary N) is 3. The first-order valence-corrected chi connectivity index (χ1v) is 11.2. The van der Waals surface area contributed by atoms with Gasteiger partial charge in [-0.15, -0.1) is 13.2 Å². The number of ether oxygens (including phenoxy) is 2. The lowest BCUT2D eigenvalue weighted by Gasteiger charge is -2.29. The van der Waals surface area contributed by atoms with Crippen LogP contribution in [0.15, 0.2) is 59.5 Å². The van der Waals surface area contributed by atoms with Gasteiger partial charge in [0.1, 0.15) is 17.5 Å². The van der Waals surface area contributed by atoms with Crippen molar-refractivity contribution in [2.24, 2.45) is 5.11 Å². The van der Waals surface area contributed by atoms with E-state index in [0.717, 1.165) is 12.1 Å². The molecule has 1 saturated heterocycles. The van der Waals surface area contributed by atoms with E-state index in [1.165, 1.54) is 23.2 Å². The molecule has 0 saturated carbocycles. The Bertz CT molecular complexity index is 1250. The molecular formula is C24H22F3N5O5. The molecule has 3 amide bonds. The minimum atomic E-state index is -4.78. The van der Waals surface area contributed by atoms with Crippen molar-refractivity contribution < 1.29 is 37.0 Å². The number of rotatable bonds is 9. The number of carbonyl (C=O) groups is 3. The van der Waals surface area contributed by atoms with Gasteiger partial charge in [-0.2, -0.15) is 5.11 Å². The van der Waals surface area contributed by atoms with Crippen molar-refractivity contribution in [1.82, 2.24) is 10.2 Å². The van der Waals surface area contributed by atoms with Crippen LogP contribution >= 0.6 is 0 Å². The molecule has 2 aromatic rings. The Labute approximate surface area is 208 Å². The third-order valence-corrected chi connectivity index (χ3v) is 5.79. The monoisotopic (exact) mass is 517 g/mol. The molecule has 0 aliphatic carbocycles. The van der Waals surface area contributed by atoms with Gasteiger partial charge in [0, 0.05) is 35.9 Å². The van der Waals surface area contributed by atoms with Crippen LogP contribution < -0.4 is 20.1 Å². The number of alkyl halides is 3. The first-order valence-electron chi connectivity index (χ1n) is 11.2. The maximum Gasteiger partial charge on any atom is 0.573 e. The summed E-state index contributed by atoms with van der Waals surface area (Å²) in [6.45, 7) is 0.287. The van der Waals surface area contributed by atoms with Gasteiger partial charge in [-0.1, -0.05) is 6.07 Å². The number of amides is 3. The van der Waals surface area contributed by atoms with Gasteiger partial charge in [0.25, 0.3) is 5.91 Å². The number of hydrogen-bond donors (Lipinski definition) is 3. The Balaban J connectivity index is 1.34. The molecule has 1 fully saturated rings. The molecule has 1 atom stereocenters. The SMILES string of the molecule is N=N/C(=C\Nc1ccc(OC(F)(F)F)cc1)CCOc1cccc2c1CN(C1CCC(=O)NC1=O)C2=O. The van der Waals surface area contributed by atoms with Crippen LogP contribution in [0.5, 0.6) is 11.5 Å². The van der Waals surface area contributed by atoms with E-state index >= 15 is 0 Å². The van der Waals surface area contributed by atoms with Crippen molar-refractivity contribution in [3.63, 3.8) is 0 Å². The zero-order valence-electron chi connectivity index (χ0n) is 19.3. The molecule has 4 rings (SSSR count). The maximum absolute atomic E-state index is 12.9. The number of nitrogens with zero attached hydrogens (tertiary/aromatic N) is 2. The number of hydrogen-bond acceptors (Lipinski definition) is 8. The molecule has 0 bridgehead atoms. The van der Waals surface area contributed by atoms with Gasteiger partial charge in [-0.25, -0.2) is 5.53 Å². The van der Waals surface area contributed by atoms with Crippen molar-refractivity contribution in [2.45, 2.75) is 38.2 Å². The van der Waals surface area contributed by atoms with E-state index in [9.17, 15) is 27.6 Å². The Hall–Kier alpha value is -4.42. The van der Waals surface area contributed by atoms with Gasteiger partial charge in [0.05, 0.1) is 18.8 Å². The van der Waals surface area contributed by atoms with Crippen LogP contribution in [-0.4, -0.2) is 41.6 Å². The summed E-state index contributed by atoms with van der Waals surface area (Å²) in [7, 11) is 0. The highest BCUT2D eigenvalue weighted by Gasteiger charge is 2.40. The molecule has 0 aromatic heterocycles. The fourth-order valence-electron chi connectivity index (χ4n) is 4.04. The second kappa shape index (κ2) is 10.7. The Morgan fingerprint density at radius 3 is 2.62 bits per heavy atom. The fourth-order valence-corrected chi connectivity index (χ4v) is 4.04. The second-order valence-electron chi connectivity index (χ2n) is 8.24. The van der Waals surface area contributed by atoms with Gasteiger partial charge >= 0.3 is 6.36 Å². The average molecular weight is 517 g/mol. The van der Waals surface area contributed by atoms with E-state index in [-0.39, 0.29) is 50.0 Å². The summed E-state index contributed by atoms with van der Waals surface area (Å²) >= 11 is 0. The fraction of sp³-hybridized carbons (Fsp3) is 0.292. The van der Waals surface area contributed by atoms with Crippen molar-refractivity contribution in [3.8, 4) is 11.5 Å². The number of imide groups is 1. The molecule has 0 radical (unpaired) electrons. The van der Waals surface area contributed by atoms with Crippen molar-refractivity contribution in [1.29, 1.82) is 5.53 Å². The third kappa shape index (κ3) is 6.23. The minimum absolute atomic E-state index is 0.122. The highest BCUT2D eigenvalue weighted by molar-refractivity contribution is 6.05. The summed E-state index contributed by atoms with van der Waals surface area (Å²) in [6.07, 6.45) is -2.71. The summed E-state index contributed by atoms with van der Waals surface area (Å²) in [5, 5.41) is 8.55. The van der Waals surface area contributed by atoms with Crippen LogP contribution in [0.2, 0.25) is 0 Å². The summed E-state index contributed by atoms with van der Waals surface area (Å²) in [4.78, 5) is 38.0. The molecule has 3 N–H and O–H groups in total. The minimum Gasteiger partial charge on any atom is -0.493 e. The van der Waals surface area contributed by atoms with E-state index < -0.39 is 18.3 Å². The van der Waals surface area contributed by atoms with E-state index in [2.05, 4.69) is 20.5 Å². The summed E-state index contributed by atoms with van der Waals surface area (Å²) < 4.78 is 46.5. The number of anilines is 1. The van der Waals surface area contributed by atoms with Crippen LogP contribution in [0, 0.1) is 5.53 Å². The number of halogens is 3. The Morgan fingerprint density at radius 1 is 1.19 bits per heavy atom. The molecule has 2 heterocycles. The number of benzene rings is 2. The van der Waals surface area contributed by atoms with Gasteiger partial charge in [0.15, 0.2) is 0 Å². The van der Waals surface area contributed by atoms with E-state index in [4.69, 9.17) is 10.3 Å². The molecule has 2 aliphatic rings. The van der Waals surface area contributed by atoms with Crippen molar-refractivity contribution in [3.05, 3.63) is 65.5 Å². The standard InChI is InChI=1S/C24H22F3N5O5/c25-24(26,27)37-16-6-4-14(5-7-16)29-12-15(31-28)10-11-36-20-3-1-2-17-18(20)13-32(23(17)35)19-8-9-21(33)30-22(19)34/h1-7,12,19,28-29H,8-11,13H2,(H,30,33,34)/b15-12-,31-28?. The lowest BCUT2D eigenvalue weighted by molar-refractivity contribution is -0.274. The van der Waals surface area contributed by atoms with Gasteiger partial charge in [-0.3, -0.25) is 19.7 Å². The predicted molar refractivity (Wildman–Crippen MR) is 123 cm³/mol. The zero-order valence-corrected chi connectivity index (χ0v) is 19.3. The normalized spacial score (nSPS) is 17.8. The van der Waals surface area contributed by atoms with Gasteiger partial charge in [0.2, 0.25) is 11.8 Å². The maximum atomic E-state index is 12.9. The molecule has 2 aliphatic heterocycles. The van der Waals surface area contributed by atoms with E-state index in [1.807, 2.05) is 0 Å². The lowest BCUT2D eigenvalue weighted by atomic mass is 10.0. The number of fused-ring (bicyclic) bond motifs is 1. The molecule has 10 nitrogen and oxygen atoms in total. The highest BCUT2D eigenvalue weighted by Crippen LogP contribution is 2.33. The van der Waals surface area contributed by atoms with Crippen LogP contribution in [-0.2, 0) is 16.1 Å². The quantitative estimate of drug-likeness (QED) is 0.339. The molecule has 13 heteroatoms. The lowest BCUT2D eigenvalue weighted by Crippen LogP contribution is -2.52. The summed E-state index contributed by atoms with van der Waals surface area (Å²) in [6, 6.07) is 9.35. The molecule has 0 spiro atoms. The number of carbonyl (C=O) groups excluding carboxylic acids is 3. The second-order valence-corrected chi connectivity index (χ2v) is 8.24. The zero-order chi connectivity index (χ0) is 26.6. The van der Waals surface area contributed by atoms with E-state index in [0.29, 0.717) is 28.3 Å². The third-order valence-electron chi connectivity index (χ3n) is 5.79. The summed E-state index contributed by atoms with van der Waals surface area (Å²) in [5.41, 5.74) is 9.19. The van der Waals surface area contributed by atoms with Gasteiger partial charge in [-0.05, 0) is 42.8 Å². The van der Waals surface area contributed by atoms with Crippen molar-refractivity contribution in [2.75, 3.05) is 11.9 Å². The first kappa shape index (κ1) is 25.7. The number of piperidine rings is 1. The smallest absolute Gasteiger partial charge is 0.493 e. The molecule has 37 heavy (non-hydrogen) atoms. The van der Waals surface area contributed by atoms with Crippen LogP contribution in [0.3, 0.4) is 0 Å². The van der Waals surface area contributed by atoms with Crippen LogP contribution in [0.1, 0.15) is 35.2 Å².